The van der Waals surface area contributed by atoms with Crippen LogP contribution < -0.4 is 4.90 Å². The number of carbonyl (C=O) groups is 1. The van der Waals surface area contributed by atoms with Crippen LogP contribution in [0.25, 0.3) is 10.9 Å². The van der Waals surface area contributed by atoms with E-state index in [-0.39, 0.29) is 5.78 Å². The van der Waals surface area contributed by atoms with Crippen LogP contribution in [0.1, 0.15) is 72.7 Å². The number of aryl methyl sites for hydroxylation is 1. The highest BCUT2D eigenvalue weighted by atomic mass is 32.1. The second-order valence-corrected chi connectivity index (χ2v) is 9.77. The van der Waals surface area contributed by atoms with Gasteiger partial charge in [-0.2, -0.15) is 0 Å². The van der Waals surface area contributed by atoms with E-state index >= 15 is 0 Å². The molecule has 30 heavy (non-hydrogen) atoms. The molecule has 0 amide bonds. The highest BCUT2D eigenvalue weighted by Gasteiger charge is 2.21. The first-order chi connectivity index (χ1) is 14.6. The maximum atomic E-state index is 13.1. The molecule has 1 aliphatic rings. The molecule has 1 atom stereocenters. The maximum absolute atomic E-state index is 13.1. The summed E-state index contributed by atoms with van der Waals surface area (Å²) in [5.74, 6) is 0.630. The summed E-state index contributed by atoms with van der Waals surface area (Å²) in [7, 11) is 0. The van der Waals surface area contributed by atoms with Crippen molar-refractivity contribution in [1.29, 1.82) is 0 Å². The van der Waals surface area contributed by atoms with Crippen LogP contribution in [0.5, 0.6) is 0 Å². The highest BCUT2D eigenvalue weighted by molar-refractivity contribution is 7.17. The predicted molar refractivity (Wildman–Crippen MR) is 127 cm³/mol. The van der Waals surface area contributed by atoms with E-state index in [9.17, 15) is 4.79 Å². The average molecular weight is 424 g/mol. The van der Waals surface area contributed by atoms with Crippen molar-refractivity contribution in [3.63, 3.8) is 0 Å². The second kappa shape index (κ2) is 9.78. The first-order valence-corrected chi connectivity index (χ1v) is 12.3. The Hall–Kier alpha value is -2.14. The van der Waals surface area contributed by atoms with Crippen molar-refractivity contribution in [3.8, 4) is 0 Å². The summed E-state index contributed by atoms with van der Waals surface area (Å²) in [6.07, 6.45) is 12.7. The molecule has 0 spiro atoms. The largest absolute Gasteiger partial charge is 0.361 e. The van der Waals surface area contributed by atoms with E-state index in [1.54, 1.807) is 11.3 Å². The van der Waals surface area contributed by atoms with Crippen LogP contribution in [-0.4, -0.2) is 28.8 Å². The summed E-state index contributed by atoms with van der Waals surface area (Å²) in [6.45, 7) is 6.48. The standard InChI is InChI=1S/C25H33N3OS/c1-3-4-8-19(14-20-16-26-22-13-18(2)9-10-21(20)22)15-23(29)24-17-27-25(30-24)28-11-6-5-7-12-28/h9-10,13,16-17,19,26H,3-8,11-12,14-15H2,1-2H3. The van der Waals surface area contributed by atoms with E-state index in [1.165, 1.54) is 47.7 Å². The molecular weight excluding hydrogens is 390 g/mol. The van der Waals surface area contributed by atoms with Gasteiger partial charge >= 0.3 is 0 Å². The Morgan fingerprint density at radius 1 is 1.27 bits per heavy atom. The van der Waals surface area contributed by atoms with E-state index in [2.05, 4.69) is 53.1 Å². The Bertz CT molecular complexity index is 983. The van der Waals surface area contributed by atoms with E-state index in [0.717, 1.165) is 42.4 Å². The lowest BCUT2D eigenvalue weighted by atomic mass is 9.89. The quantitative estimate of drug-likeness (QED) is 0.397. The number of H-pyrrole nitrogens is 1. The number of unbranched alkanes of at least 4 members (excludes halogenated alkanes) is 1. The highest BCUT2D eigenvalue weighted by Crippen LogP contribution is 2.30. The molecular formula is C25H33N3OS. The molecule has 1 aromatic carbocycles. The van der Waals surface area contributed by atoms with Crippen LogP contribution in [0.3, 0.4) is 0 Å². The van der Waals surface area contributed by atoms with Crippen LogP contribution >= 0.6 is 11.3 Å². The first-order valence-electron chi connectivity index (χ1n) is 11.4. The number of aromatic amines is 1. The Balaban J connectivity index is 1.45. The number of thiazole rings is 1. The monoisotopic (exact) mass is 423 g/mol. The molecule has 0 radical (unpaired) electrons. The zero-order valence-electron chi connectivity index (χ0n) is 18.2. The fraction of sp³-hybridized carbons (Fsp3) is 0.520. The lowest BCUT2D eigenvalue weighted by Gasteiger charge is -2.25. The number of nitrogens with one attached hydrogen (secondary N) is 1. The molecule has 1 unspecified atom stereocenters. The first kappa shape index (κ1) is 21.1. The molecule has 1 saturated heterocycles. The van der Waals surface area contributed by atoms with Gasteiger partial charge in [0.05, 0.1) is 11.1 Å². The Labute approximate surface area is 183 Å². The molecule has 4 nitrogen and oxygen atoms in total. The van der Waals surface area contributed by atoms with Crippen LogP contribution in [0, 0.1) is 12.8 Å². The number of fused-ring (bicyclic) bond motifs is 1. The second-order valence-electron chi connectivity index (χ2n) is 8.76. The summed E-state index contributed by atoms with van der Waals surface area (Å²) in [5, 5.41) is 2.31. The van der Waals surface area contributed by atoms with Crippen molar-refractivity contribution in [1.82, 2.24) is 9.97 Å². The van der Waals surface area contributed by atoms with Gasteiger partial charge in [0.25, 0.3) is 0 Å². The van der Waals surface area contributed by atoms with Gasteiger partial charge in [0.1, 0.15) is 0 Å². The number of carbonyl (C=O) groups excluding carboxylic acids is 1. The molecule has 0 saturated carbocycles. The fourth-order valence-electron chi connectivity index (χ4n) is 4.54. The van der Waals surface area contributed by atoms with Crippen molar-refractivity contribution in [2.45, 2.75) is 65.2 Å². The van der Waals surface area contributed by atoms with E-state index in [1.807, 2.05) is 6.20 Å². The number of nitrogens with zero attached hydrogens (tertiary/aromatic N) is 2. The maximum Gasteiger partial charge on any atom is 0.185 e. The number of Topliss-reactive ketones (excluding diaryl/α,β-unsaturated/α-hetero) is 1. The number of hydrogen-bond acceptors (Lipinski definition) is 4. The minimum atomic E-state index is 0.257. The summed E-state index contributed by atoms with van der Waals surface area (Å²) < 4.78 is 0. The van der Waals surface area contributed by atoms with Gasteiger partial charge in [-0.15, -0.1) is 0 Å². The number of ketones is 1. The predicted octanol–water partition coefficient (Wildman–Crippen LogP) is 6.55. The van der Waals surface area contributed by atoms with Crippen molar-refractivity contribution in [2.75, 3.05) is 18.0 Å². The van der Waals surface area contributed by atoms with Gasteiger partial charge in [-0.3, -0.25) is 4.79 Å². The normalized spacial score (nSPS) is 15.6. The molecule has 3 aromatic rings. The average Bonchev–Trinajstić information content (AvgIpc) is 3.40. The third-order valence-electron chi connectivity index (χ3n) is 6.27. The van der Waals surface area contributed by atoms with Crippen molar-refractivity contribution in [2.24, 2.45) is 5.92 Å². The SMILES string of the molecule is CCCCC(CC(=O)c1cnc(N2CCCCC2)s1)Cc1c[nH]c2cc(C)ccc12. The minimum Gasteiger partial charge on any atom is -0.361 e. The number of rotatable bonds is 9. The number of hydrogen-bond donors (Lipinski definition) is 1. The summed E-state index contributed by atoms with van der Waals surface area (Å²) >= 11 is 1.58. The Morgan fingerprint density at radius 2 is 2.10 bits per heavy atom. The van der Waals surface area contributed by atoms with Crippen molar-refractivity contribution < 1.29 is 4.79 Å². The van der Waals surface area contributed by atoms with Crippen LogP contribution in [-0.2, 0) is 6.42 Å². The minimum absolute atomic E-state index is 0.257. The molecule has 1 N–H and O–H groups in total. The lowest BCUT2D eigenvalue weighted by molar-refractivity contribution is 0.0962. The van der Waals surface area contributed by atoms with Gasteiger partial charge in [-0.1, -0.05) is 43.2 Å². The molecule has 160 valence electrons. The van der Waals surface area contributed by atoms with Crippen LogP contribution in [0.15, 0.2) is 30.6 Å². The molecule has 1 aliphatic heterocycles. The van der Waals surface area contributed by atoms with Gasteiger partial charge < -0.3 is 9.88 Å². The van der Waals surface area contributed by atoms with Crippen molar-refractivity contribution >= 4 is 33.2 Å². The zero-order valence-corrected chi connectivity index (χ0v) is 19.1. The van der Waals surface area contributed by atoms with E-state index in [0.29, 0.717) is 12.3 Å². The summed E-state index contributed by atoms with van der Waals surface area (Å²) in [4.78, 5) is 24.3. The third kappa shape index (κ3) is 4.94. The molecule has 3 heterocycles. The fourth-order valence-corrected chi connectivity index (χ4v) is 5.45. The van der Waals surface area contributed by atoms with Crippen molar-refractivity contribution in [3.05, 3.63) is 46.6 Å². The number of benzene rings is 1. The Morgan fingerprint density at radius 3 is 2.90 bits per heavy atom. The molecule has 2 aromatic heterocycles. The van der Waals surface area contributed by atoms with Gasteiger partial charge in [-0.25, -0.2) is 4.98 Å². The van der Waals surface area contributed by atoms with Gasteiger partial charge in [0, 0.05) is 36.6 Å². The van der Waals surface area contributed by atoms with Gasteiger partial charge in [0.15, 0.2) is 10.9 Å². The molecule has 0 aliphatic carbocycles. The molecule has 1 fully saturated rings. The summed E-state index contributed by atoms with van der Waals surface area (Å²) in [5.41, 5.74) is 3.79. The number of piperidine rings is 1. The summed E-state index contributed by atoms with van der Waals surface area (Å²) in [6, 6.07) is 6.58. The van der Waals surface area contributed by atoms with Gasteiger partial charge in [0.2, 0.25) is 0 Å². The smallest absolute Gasteiger partial charge is 0.185 e. The molecule has 5 heteroatoms. The number of aromatic nitrogens is 2. The van der Waals surface area contributed by atoms with E-state index in [4.69, 9.17) is 0 Å². The van der Waals surface area contributed by atoms with Crippen LogP contribution in [0.2, 0.25) is 0 Å². The van der Waals surface area contributed by atoms with Gasteiger partial charge in [-0.05, 0) is 62.1 Å². The topological polar surface area (TPSA) is 49.0 Å². The Kier molecular flexibility index (Phi) is 6.88. The number of anilines is 1. The third-order valence-corrected chi connectivity index (χ3v) is 7.37. The molecule has 0 bridgehead atoms. The molecule has 4 rings (SSSR count). The lowest BCUT2D eigenvalue weighted by Crippen LogP contribution is -2.29. The van der Waals surface area contributed by atoms with Crippen LogP contribution in [0.4, 0.5) is 5.13 Å². The van der Waals surface area contributed by atoms with E-state index < -0.39 is 0 Å². The zero-order chi connectivity index (χ0) is 20.9.